The number of methoxy groups -OCH3 is 2. The van der Waals surface area contributed by atoms with Gasteiger partial charge in [-0.15, -0.1) is 0 Å². The van der Waals surface area contributed by atoms with Gasteiger partial charge in [-0.3, -0.25) is 10.2 Å². The molecule has 0 saturated heterocycles. The van der Waals surface area contributed by atoms with Crippen LogP contribution in [-0.2, 0) is 9.47 Å². The molecule has 0 aliphatic rings. The molecule has 1 radical (unpaired) electrons. The van der Waals surface area contributed by atoms with E-state index in [0.29, 0.717) is 11.1 Å². The summed E-state index contributed by atoms with van der Waals surface area (Å²) in [6.45, 7) is 0. The Hall–Kier alpha value is -1.99. The van der Waals surface area contributed by atoms with Crippen molar-refractivity contribution in [1.82, 2.24) is 20.4 Å². The first kappa shape index (κ1) is 27.0. The predicted octanol–water partition coefficient (Wildman–Crippen LogP) is 0.761. The molecule has 0 bridgehead atoms. The van der Waals surface area contributed by atoms with Gasteiger partial charge >= 0.3 is 66.3 Å². The molecule has 155 valence electrons. The summed E-state index contributed by atoms with van der Waals surface area (Å²) in [5.41, 5.74) is 2.77. The number of hydrogen-bond donors (Lipinski definition) is 3. The number of nitrogens with one attached hydrogen (secondary N) is 2. The summed E-state index contributed by atoms with van der Waals surface area (Å²) in [6, 6.07) is 10.4. The van der Waals surface area contributed by atoms with Crippen molar-refractivity contribution in [3.05, 3.63) is 58.3 Å². The monoisotopic (exact) mass is 512 g/mol. The molecule has 4 aromatic rings. The Balaban J connectivity index is 0.000000508. The van der Waals surface area contributed by atoms with Gasteiger partial charge in [0.1, 0.15) is 4.60 Å². The molecule has 2 aromatic heterocycles. The molecule has 0 saturated carbocycles. The van der Waals surface area contributed by atoms with Crippen LogP contribution in [0.2, 0.25) is 0 Å². The van der Waals surface area contributed by atoms with Crippen LogP contribution in [0.25, 0.3) is 21.8 Å². The number of benzene rings is 2. The molecule has 2 N–H and O–H groups in total. The number of nitrogens with zero attached hydrogens (tertiary/aromatic N) is 3. The predicted molar refractivity (Wildman–Crippen MR) is 121 cm³/mol. The van der Waals surface area contributed by atoms with Gasteiger partial charge < -0.3 is 10.9 Å². The minimum Gasteiger partial charge on any atom is -1.00 e. The quantitative estimate of drug-likeness (QED) is 0.207. The number of thiol groups is 1. The largest absolute Gasteiger partial charge is 1.00 e. The molecule has 31 heavy (non-hydrogen) atoms. The number of carbonyl (C=O) groups is 2. The fourth-order valence-corrected chi connectivity index (χ4v) is 2.82. The van der Waals surface area contributed by atoms with Gasteiger partial charge in [0.2, 0.25) is 0 Å². The van der Waals surface area contributed by atoms with E-state index < -0.39 is 0 Å². The number of carbonyl (C=O) groups excluding carboxylic acids is 2. The Labute approximate surface area is 216 Å². The molecular weight excluding hydrogens is 496 g/mol. The number of aromatic amines is 2. The Morgan fingerprint density at radius 2 is 1.68 bits per heavy atom. The third kappa shape index (κ3) is 7.29. The molecule has 13 heteroatoms. The zero-order chi connectivity index (χ0) is 22.1. The van der Waals surface area contributed by atoms with Crippen LogP contribution in [0.4, 0.5) is 0 Å². The van der Waals surface area contributed by atoms with Crippen LogP contribution >= 0.6 is 28.7 Å². The van der Waals surface area contributed by atoms with Crippen molar-refractivity contribution in [2.45, 2.75) is 0 Å². The number of esters is 2. The number of hydrogen-bond acceptors (Lipinski definition) is 8. The molecule has 0 aliphatic carbocycles. The van der Waals surface area contributed by atoms with E-state index in [2.05, 4.69) is 70.6 Å². The number of halogens is 1. The molecule has 9 nitrogen and oxygen atoms in total. The van der Waals surface area contributed by atoms with Gasteiger partial charge in [-0.05, 0) is 52.3 Å². The van der Waals surface area contributed by atoms with Gasteiger partial charge in [0.15, 0.2) is 0 Å². The van der Waals surface area contributed by atoms with Gasteiger partial charge in [-0.2, -0.15) is 10.2 Å². The fraction of sp³-hybridized carbons (Fsp3) is 0.111. The van der Waals surface area contributed by atoms with Crippen LogP contribution in [0.3, 0.4) is 0 Å². The van der Waals surface area contributed by atoms with E-state index in [1.165, 1.54) is 14.2 Å². The molecule has 4 rings (SSSR count). The van der Waals surface area contributed by atoms with E-state index in [-0.39, 0.29) is 42.9 Å². The first-order chi connectivity index (χ1) is 14.4. The van der Waals surface area contributed by atoms with Crippen molar-refractivity contribution in [3.63, 3.8) is 0 Å². The third-order valence-corrected chi connectivity index (χ3v) is 4.39. The minimum absolute atomic E-state index is 0. The second-order valence-electron chi connectivity index (χ2n) is 5.54. The molecule has 0 spiro atoms. The standard InChI is InChI=1S/C9H7BrN2O2.C9H8N2O2.BHNS.Na.H/c1-14-9(13)5-2-3-7-6(4-5)8(10)12-11-7;1-13-9(12)6-2-3-8-7(4-6)5-10-11-8;1-2-3;;/h2-4H,1H3,(H,11,12);2-5H,1H3,(H,10,11);3H;;/q;;;+1;-1. The van der Waals surface area contributed by atoms with Crippen molar-refractivity contribution in [1.29, 1.82) is 0 Å². The van der Waals surface area contributed by atoms with Crippen LogP contribution in [0.1, 0.15) is 22.1 Å². The number of ether oxygens (including phenoxy) is 2. The van der Waals surface area contributed by atoms with Crippen molar-refractivity contribution in [3.8, 4) is 0 Å². The van der Waals surface area contributed by atoms with E-state index in [4.69, 9.17) is 0 Å². The third-order valence-electron chi connectivity index (χ3n) is 3.79. The summed E-state index contributed by atoms with van der Waals surface area (Å²) in [5, 5.41) is 15.2. The van der Waals surface area contributed by atoms with Crippen LogP contribution in [0.5, 0.6) is 0 Å². The maximum absolute atomic E-state index is 11.2. The van der Waals surface area contributed by atoms with E-state index >= 15 is 0 Å². The first-order valence-electron chi connectivity index (χ1n) is 8.22. The van der Waals surface area contributed by atoms with Crippen molar-refractivity contribution < 1.29 is 50.0 Å². The Morgan fingerprint density at radius 1 is 1.10 bits per heavy atom. The fourth-order valence-electron chi connectivity index (χ4n) is 2.41. The summed E-state index contributed by atoms with van der Waals surface area (Å²) < 4.78 is 12.7. The SMILES string of the molecule is COC(=O)c1ccc2[nH]ncc2c1.COC(=O)c1ccc2n[nH]c(Br)c2c1.[B]=NS.[H-].[Na+]. The number of H-pyrrole nitrogens is 2. The average Bonchev–Trinajstić information content (AvgIpc) is 3.39. The topological polar surface area (TPSA) is 122 Å². The van der Waals surface area contributed by atoms with Crippen molar-refractivity contribution >= 4 is 70.1 Å². The molecule has 0 amide bonds. The normalized spacial score (nSPS) is 9.39. The molecular formula is C18H17BBrN5NaO4S. The van der Waals surface area contributed by atoms with Crippen LogP contribution in [0, 0.1) is 0 Å². The number of fused-ring (bicyclic) bond motifs is 2. The van der Waals surface area contributed by atoms with E-state index in [9.17, 15) is 9.59 Å². The minimum atomic E-state index is -0.347. The smallest absolute Gasteiger partial charge is 1.00 e. The molecule has 2 aromatic carbocycles. The summed E-state index contributed by atoms with van der Waals surface area (Å²) in [7, 11) is 7.06. The van der Waals surface area contributed by atoms with E-state index in [1.54, 1.807) is 42.6 Å². The van der Waals surface area contributed by atoms with Crippen LogP contribution in [-0.4, -0.2) is 54.2 Å². The number of rotatable bonds is 2. The maximum atomic E-state index is 11.2. The second-order valence-corrected chi connectivity index (χ2v) is 6.56. The van der Waals surface area contributed by atoms with Crippen molar-refractivity contribution in [2.24, 2.45) is 4.30 Å². The van der Waals surface area contributed by atoms with Gasteiger partial charge in [0.05, 0.1) is 42.6 Å². The summed E-state index contributed by atoms with van der Waals surface area (Å²) in [5.74, 6) is -0.678. The Kier molecular flexibility index (Phi) is 11.7. The van der Waals surface area contributed by atoms with Gasteiger partial charge in [-0.25, -0.2) is 9.59 Å². The van der Waals surface area contributed by atoms with Crippen LogP contribution in [0.15, 0.2) is 51.5 Å². The second kappa shape index (κ2) is 13.4. The van der Waals surface area contributed by atoms with Crippen molar-refractivity contribution in [2.75, 3.05) is 14.2 Å². The summed E-state index contributed by atoms with van der Waals surface area (Å²) >= 11 is 6.49. The zero-order valence-electron chi connectivity index (χ0n) is 17.9. The Morgan fingerprint density at radius 3 is 2.29 bits per heavy atom. The van der Waals surface area contributed by atoms with Gasteiger partial charge in [0, 0.05) is 10.8 Å². The van der Waals surface area contributed by atoms with Crippen LogP contribution < -0.4 is 29.6 Å². The molecule has 2 heterocycles. The molecule has 0 fully saturated rings. The molecule has 0 unspecified atom stereocenters. The summed E-state index contributed by atoms with van der Waals surface area (Å²) in [4.78, 5) is 22.3. The molecule has 0 atom stereocenters. The zero-order valence-corrected chi connectivity index (χ0v) is 21.4. The first-order valence-corrected chi connectivity index (χ1v) is 9.42. The van der Waals surface area contributed by atoms with Gasteiger partial charge in [-0.1, -0.05) is 0 Å². The van der Waals surface area contributed by atoms with Gasteiger partial charge in [0.25, 0.3) is 0 Å². The van der Waals surface area contributed by atoms with E-state index in [0.717, 1.165) is 26.4 Å². The number of aromatic nitrogens is 4. The van der Waals surface area contributed by atoms with E-state index in [1.807, 2.05) is 0 Å². The maximum Gasteiger partial charge on any atom is 1.00 e. The molecule has 0 aliphatic heterocycles. The Bertz CT molecular complexity index is 1190. The average molecular weight is 513 g/mol. The summed E-state index contributed by atoms with van der Waals surface area (Å²) in [6.07, 6.45) is 1.67.